The van der Waals surface area contributed by atoms with Gasteiger partial charge in [-0.05, 0) is 37.3 Å². The van der Waals surface area contributed by atoms with E-state index in [2.05, 4.69) is 10.2 Å². The van der Waals surface area contributed by atoms with E-state index in [1.807, 2.05) is 6.92 Å². The fourth-order valence-corrected chi connectivity index (χ4v) is 2.78. The molecule has 1 aromatic heterocycles. The lowest BCUT2D eigenvalue weighted by Crippen LogP contribution is -1.90. The van der Waals surface area contributed by atoms with Gasteiger partial charge >= 0.3 is 0 Å². The van der Waals surface area contributed by atoms with Gasteiger partial charge in [0, 0.05) is 11.6 Å². The summed E-state index contributed by atoms with van der Waals surface area (Å²) in [6, 6.07) is 7.02. The predicted octanol–water partition coefficient (Wildman–Crippen LogP) is 5.07. The molecule has 0 atom stereocenters. The molecule has 0 unspecified atom stereocenters. The molecule has 94 valence electrons. The summed E-state index contributed by atoms with van der Waals surface area (Å²) in [4.78, 5) is 0. The van der Waals surface area contributed by atoms with Crippen LogP contribution < -0.4 is 0 Å². The number of halogens is 1. The summed E-state index contributed by atoms with van der Waals surface area (Å²) in [5.74, 6) is 0.0540. The normalized spacial score (nSPS) is 11.2. The third-order valence-electron chi connectivity index (χ3n) is 2.23. The van der Waals surface area contributed by atoms with Crippen LogP contribution in [-0.4, -0.2) is 9.67 Å². The summed E-state index contributed by atoms with van der Waals surface area (Å²) in [5.41, 5.74) is 0.629. The zero-order chi connectivity index (χ0) is 13.1. The van der Waals surface area contributed by atoms with E-state index in [0.717, 1.165) is 0 Å². The third kappa shape index (κ3) is 2.77. The molecule has 0 aliphatic rings. The van der Waals surface area contributed by atoms with E-state index < -0.39 is 0 Å². The predicted molar refractivity (Wildman–Crippen MR) is 76.1 cm³/mol. The lowest BCUT2D eigenvalue weighted by molar-refractivity contribution is 0.421. The second kappa shape index (κ2) is 5.60. The highest BCUT2D eigenvalue weighted by Crippen LogP contribution is 2.35. The average Bonchev–Trinajstić information content (AvgIpc) is 2.61. The molecule has 0 radical (unpaired) electrons. The molecule has 0 aliphatic heterocycles. The number of rotatable bonds is 3. The third-order valence-corrected chi connectivity index (χ3v) is 3.79. The highest BCUT2D eigenvalue weighted by Gasteiger charge is 2.09. The summed E-state index contributed by atoms with van der Waals surface area (Å²) >= 11 is 12.2. The molecule has 0 bridgehead atoms. The van der Waals surface area contributed by atoms with Crippen molar-refractivity contribution in [3.63, 3.8) is 0 Å². The minimum absolute atomic E-state index is 0.0540. The molecule has 4 nitrogen and oxygen atoms in total. The van der Waals surface area contributed by atoms with Crippen LogP contribution in [0.25, 0.3) is 0 Å². The van der Waals surface area contributed by atoms with Crippen LogP contribution in [0.2, 0.25) is 5.02 Å². The first kappa shape index (κ1) is 13.2. The van der Waals surface area contributed by atoms with Crippen molar-refractivity contribution in [1.82, 2.24) is 4.57 Å². The highest BCUT2D eigenvalue weighted by molar-refractivity contribution is 7.73. The summed E-state index contributed by atoms with van der Waals surface area (Å²) < 4.78 is 2.18. The molecule has 0 spiro atoms. The van der Waals surface area contributed by atoms with Crippen LogP contribution in [0.15, 0.2) is 34.5 Å². The number of hydrogen-bond donors (Lipinski definition) is 1. The minimum atomic E-state index is 0.0540. The first-order valence-electron chi connectivity index (χ1n) is 5.21. The van der Waals surface area contributed by atoms with Crippen molar-refractivity contribution in [2.75, 3.05) is 0 Å². The van der Waals surface area contributed by atoms with E-state index in [-0.39, 0.29) is 5.88 Å². The van der Waals surface area contributed by atoms with Crippen LogP contribution in [-0.2, 0) is 6.54 Å². The second-order valence-electron chi connectivity index (χ2n) is 3.42. The molecule has 1 N–H and O–H groups in total. The number of aromatic nitrogens is 1. The van der Waals surface area contributed by atoms with Crippen LogP contribution in [0.3, 0.4) is 0 Å². The Morgan fingerprint density at radius 1 is 1.44 bits per heavy atom. The van der Waals surface area contributed by atoms with Crippen molar-refractivity contribution in [1.29, 1.82) is 0 Å². The van der Waals surface area contributed by atoms with Gasteiger partial charge in [-0.1, -0.05) is 29.0 Å². The topological polar surface area (TPSA) is 49.9 Å². The first-order valence-corrected chi connectivity index (χ1v) is 6.82. The Morgan fingerprint density at radius 2 is 2.22 bits per heavy atom. The largest absolute Gasteiger partial charge is 0.492 e. The summed E-state index contributed by atoms with van der Waals surface area (Å²) in [5, 5.41) is 18.9. The van der Waals surface area contributed by atoms with E-state index in [1.54, 1.807) is 28.8 Å². The van der Waals surface area contributed by atoms with E-state index in [0.29, 0.717) is 26.2 Å². The summed E-state index contributed by atoms with van der Waals surface area (Å²) in [6.45, 7) is 2.51. The number of thiazole rings is 1. The lowest BCUT2D eigenvalue weighted by atomic mass is 10.3. The van der Waals surface area contributed by atoms with E-state index >= 15 is 0 Å². The van der Waals surface area contributed by atoms with Crippen LogP contribution in [0, 0.1) is 3.95 Å². The maximum atomic E-state index is 9.87. The van der Waals surface area contributed by atoms with Crippen LogP contribution in [0.4, 0.5) is 10.7 Å². The molecule has 2 aromatic rings. The van der Waals surface area contributed by atoms with Gasteiger partial charge in [-0.2, -0.15) is 0 Å². The lowest BCUT2D eigenvalue weighted by Gasteiger charge is -1.97. The molecular formula is C11H10ClN3OS2. The smallest absolute Gasteiger partial charge is 0.232 e. The maximum Gasteiger partial charge on any atom is 0.232 e. The van der Waals surface area contributed by atoms with Gasteiger partial charge in [-0.15, -0.1) is 10.2 Å². The van der Waals surface area contributed by atoms with Crippen molar-refractivity contribution in [3.05, 3.63) is 33.2 Å². The molecule has 0 aliphatic carbocycles. The Bertz CT molecular complexity index is 648. The number of aromatic hydroxyl groups is 1. The summed E-state index contributed by atoms with van der Waals surface area (Å²) in [6.07, 6.45) is 0. The Hall–Kier alpha value is -1.24. The van der Waals surface area contributed by atoms with Crippen LogP contribution in [0.1, 0.15) is 6.92 Å². The van der Waals surface area contributed by atoms with Gasteiger partial charge in [0.05, 0.1) is 5.69 Å². The highest BCUT2D eigenvalue weighted by atomic mass is 35.5. The molecule has 0 amide bonds. The van der Waals surface area contributed by atoms with E-state index in [4.69, 9.17) is 23.8 Å². The Morgan fingerprint density at radius 3 is 2.83 bits per heavy atom. The maximum absolute atomic E-state index is 9.87. The van der Waals surface area contributed by atoms with Crippen molar-refractivity contribution in [2.24, 2.45) is 10.2 Å². The van der Waals surface area contributed by atoms with Gasteiger partial charge in [-0.25, -0.2) is 0 Å². The molecule has 18 heavy (non-hydrogen) atoms. The van der Waals surface area contributed by atoms with Crippen molar-refractivity contribution in [2.45, 2.75) is 13.5 Å². The minimum Gasteiger partial charge on any atom is -0.492 e. The number of hydrogen-bond acceptors (Lipinski definition) is 5. The second-order valence-corrected chi connectivity index (χ2v) is 5.48. The molecule has 1 heterocycles. The van der Waals surface area contributed by atoms with Gasteiger partial charge < -0.3 is 5.11 Å². The fraction of sp³-hybridized carbons (Fsp3) is 0.182. The Balaban J connectivity index is 2.32. The molecule has 0 saturated carbocycles. The van der Waals surface area contributed by atoms with E-state index in [9.17, 15) is 5.11 Å². The molecule has 1 aromatic carbocycles. The van der Waals surface area contributed by atoms with Crippen LogP contribution >= 0.6 is 35.2 Å². The SMILES string of the molecule is CCn1c(O)c(N=Nc2cccc(Cl)c2)sc1=S. The number of nitrogens with zero attached hydrogens (tertiary/aromatic N) is 3. The Kier molecular flexibility index (Phi) is 4.11. The van der Waals surface area contributed by atoms with Crippen molar-refractivity contribution >= 4 is 45.8 Å². The molecule has 2 rings (SSSR count). The molecule has 0 fully saturated rings. The average molecular weight is 300 g/mol. The van der Waals surface area contributed by atoms with Gasteiger partial charge in [0.25, 0.3) is 0 Å². The van der Waals surface area contributed by atoms with Crippen molar-refractivity contribution < 1.29 is 5.11 Å². The quantitative estimate of drug-likeness (QED) is 0.635. The van der Waals surface area contributed by atoms with Gasteiger partial charge in [0.2, 0.25) is 10.9 Å². The summed E-state index contributed by atoms with van der Waals surface area (Å²) in [7, 11) is 0. The van der Waals surface area contributed by atoms with Gasteiger partial charge in [0.15, 0.2) is 3.95 Å². The molecular weight excluding hydrogens is 290 g/mol. The zero-order valence-electron chi connectivity index (χ0n) is 9.50. The van der Waals surface area contributed by atoms with E-state index in [1.165, 1.54) is 11.3 Å². The first-order chi connectivity index (χ1) is 8.61. The number of benzene rings is 1. The zero-order valence-corrected chi connectivity index (χ0v) is 11.9. The molecule has 0 saturated heterocycles. The standard InChI is InChI=1S/C11H10ClN3OS2/c1-2-15-10(16)9(18-11(15)17)14-13-8-5-3-4-7(12)6-8/h3-6,16H,2H2,1H3. The fourth-order valence-electron chi connectivity index (χ4n) is 1.37. The van der Waals surface area contributed by atoms with Gasteiger partial charge in [-0.3, -0.25) is 4.57 Å². The van der Waals surface area contributed by atoms with Crippen molar-refractivity contribution in [3.8, 4) is 5.88 Å². The molecule has 7 heteroatoms. The number of azo groups is 1. The van der Waals surface area contributed by atoms with Gasteiger partial charge in [0.1, 0.15) is 0 Å². The Labute approximate surface area is 118 Å². The monoisotopic (exact) mass is 299 g/mol. The van der Waals surface area contributed by atoms with Crippen LogP contribution in [0.5, 0.6) is 5.88 Å².